The van der Waals surface area contributed by atoms with E-state index in [4.69, 9.17) is 4.74 Å². The third-order valence-electron chi connectivity index (χ3n) is 5.03. The number of hydrogen-bond donors (Lipinski definition) is 0. The zero-order valence-electron chi connectivity index (χ0n) is 14.8. The number of carbonyl (C=O) groups is 4. The van der Waals surface area contributed by atoms with Gasteiger partial charge in [-0.05, 0) is 30.5 Å². The topological polar surface area (TPSA) is 104 Å². The van der Waals surface area contributed by atoms with E-state index in [1.165, 1.54) is 47.4 Å². The lowest BCUT2D eigenvalue weighted by molar-refractivity contribution is -0.255. The number of nitrogens with zero attached hydrogens (tertiary/aromatic N) is 1. The van der Waals surface area contributed by atoms with Crippen LogP contribution in [-0.4, -0.2) is 47.7 Å². The average molecular weight is 378 g/mol. The molecule has 1 atom stereocenters. The number of carboxylic acids is 1. The summed E-state index contributed by atoms with van der Waals surface area (Å²) in [6, 6.07) is 9.74. The molecule has 0 aliphatic carbocycles. The van der Waals surface area contributed by atoms with Crippen LogP contribution in [0.2, 0.25) is 0 Å². The molecule has 7 nitrogen and oxygen atoms in total. The summed E-state index contributed by atoms with van der Waals surface area (Å²) in [6.07, 6.45) is 1.56. The molecule has 28 heavy (non-hydrogen) atoms. The molecule has 1 fully saturated rings. The Morgan fingerprint density at radius 2 is 1.61 bits per heavy atom. The Hall–Kier alpha value is -3.32. The van der Waals surface area contributed by atoms with E-state index in [1.54, 1.807) is 0 Å². The molecule has 2 heterocycles. The molecule has 2 aliphatic rings. The van der Waals surface area contributed by atoms with E-state index in [0.29, 0.717) is 6.61 Å². The highest BCUT2D eigenvalue weighted by molar-refractivity contribution is 6.22. The molecule has 1 saturated heterocycles. The molecule has 2 aromatic carbocycles. The van der Waals surface area contributed by atoms with Crippen LogP contribution in [0.5, 0.6) is 0 Å². The Bertz CT molecular complexity index is 988. The Balaban J connectivity index is 1.58. The van der Waals surface area contributed by atoms with Crippen molar-refractivity contribution in [1.29, 1.82) is 0 Å². The number of ketones is 1. The second kappa shape index (κ2) is 7.01. The van der Waals surface area contributed by atoms with E-state index in [1.807, 2.05) is 0 Å². The first-order valence-electron chi connectivity index (χ1n) is 8.93. The molecule has 2 aromatic rings. The van der Waals surface area contributed by atoms with Crippen molar-refractivity contribution in [2.24, 2.45) is 0 Å². The number of amides is 2. The molecule has 2 aliphatic heterocycles. The highest BCUT2D eigenvalue weighted by atomic mass is 16.5. The highest BCUT2D eigenvalue weighted by Crippen LogP contribution is 2.27. The first kappa shape index (κ1) is 18.1. The lowest BCUT2D eigenvalue weighted by Crippen LogP contribution is -2.36. The zero-order valence-corrected chi connectivity index (χ0v) is 14.8. The SMILES string of the molecule is O=C([O-])c1ccc(C(=O)c2ccc3c(c2)C(=O)N(C[C@@H]2CCCO2)C3=O)cc1. The number of benzene rings is 2. The normalized spacial score (nSPS) is 18.4. The van der Waals surface area contributed by atoms with Gasteiger partial charge >= 0.3 is 0 Å². The Labute approximate surface area is 160 Å². The largest absolute Gasteiger partial charge is 0.545 e. The molecule has 2 amide bonds. The minimum absolute atomic E-state index is 0.0314. The number of ether oxygens (including phenoxy) is 1. The van der Waals surface area contributed by atoms with Crippen LogP contribution in [0.25, 0.3) is 0 Å². The minimum Gasteiger partial charge on any atom is -0.545 e. The van der Waals surface area contributed by atoms with Crippen LogP contribution >= 0.6 is 0 Å². The van der Waals surface area contributed by atoms with Gasteiger partial charge in [-0.15, -0.1) is 0 Å². The number of carboxylic acid groups (broad SMARTS) is 1. The van der Waals surface area contributed by atoms with E-state index in [-0.39, 0.29) is 52.2 Å². The third kappa shape index (κ3) is 3.10. The van der Waals surface area contributed by atoms with Crippen molar-refractivity contribution >= 4 is 23.6 Å². The van der Waals surface area contributed by atoms with E-state index >= 15 is 0 Å². The maximum atomic E-state index is 12.7. The van der Waals surface area contributed by atoms with Crippen molar-refractivity contribution < 1.29 is 29.0 Å². The van der Waals surface area contributed by atoms with Gasteiger partial charge in [0.05, 0.1) is 29.7 Å². The van der Waals surface area contributed by atoms with E-state index in [9.17, 15) is 24.3 Å². The second-order valence-corrected chi connectivity index (χ2v) is 6.81. The number of rotatable bonds is 5. The van der Waals surface area contributed by atoms with Crippen LogP contribution < -0.4 is 5.11 Å². The van der Waals surface area contributed by atoms with Crippen molar-refractivity contribution in [3.63, 3.8) is 0 Å². The first-order valence-corrected chi connectivity index (χ1v) is 8.93. The van der Waals surface area contributed by atoms with Gasteiger partial charge in [-0.1, -0.05) is 30.3 Å². The summed E-state index contributed by atoms with van der Waals surface area (Å²) in [7, 11) is 0. The van der Waals surface area contributed by atoms with Gasteiger partial charge in [-0.25, -0.2) is 0 Å². The maximum absolute atomic E-state index is 12.7. The predicted molar refractivity (Wildman–Crippen MR) is 95.0 cm³/mol. The van der Waals surface area contributed by atoms with Gasteiger partial charge in [0.1, 0.15) is 0 Å². The van der Waals surface area contributed by atoms with E-state index in [0.717, 1.165) is 12.8 Å². The van der Waals surface area contributed by atoms with Crippen molar-refractivity contribution in [2.75, 3.05) is 13.2 Å². The fraction of sp³-hybridized carbons (Fsp3) is 0.238. The molecule has 0 saturated carbocycles. The van der Waals surface area contributed by atoms with Crippen LogP contribution in [0, 0.1) is 0 Å². The van der Waals surface area contributed by atoms with Gasteiger partial charge in [0.25, 0.3) is 11.8 Å². The van der Waals surface area contributed by atoms with Crippen LogP contribution in [0.3, 0.4) is 0 Å². The van der Waals surface area contributed by atoms with Crippen molar-refractivity contribution in [1.82, 2.24) is 4.90 Å². The van der Waals surface area contributed by atoms with E-state index < -0.39 is 11.9 Å². The van der Waals surface area contributed by atoms with Crippen molar-refractivity contribution in [2.45, 2.75) is 18.9 Å². The lowest BCUT2D eigenvalue weighted by atomic mass is 9.98. The van der Waals surface area contributed by atoms with Gasteiger partial charge in [0.2, 0.25) is 0 Å². The summed E-state index contributed by atoms with van der Waals surface area (Å²) in [4.78, 5) is 49.9. The van der Waals surface area contributed by atoms with Crippen LogP contribution in [-0.2, 0) is 4.74 Å². The van der Waals surface area contributed by atoms with Gasteiger partial charge in [-0.3, -0.25) is 19.3 Å². The Morgan fingerprint density at radius 1 is 0.964 bits per heavy atom. The molecule has 4 rings (SSSR count). The summed E-state index contributed by atoms with van der Waals surface area (Å²) in [6.45, 7) is 0.837. The number of hydrogen-bond acceptors (Lipinski definition) is 6. The molecule has 0 aromatic heterocycles. The molecule has 7 heteroatoms. The highest BCUT2D eigenvalue weighted by Gasteiger charge is 2.37. The maximum Gasteiger partial charge on any atom is 0.261 e. The van der Waals surface area contributed by atoms with Gasteiger partial charge in [-0.2, -0.15) is 0 Å². The summed E-state index contributed by atoms with van der Waals surface area (Å²) in [5.41, 5.74) is 0.959. The standard InChI is InChI=1S/C21H17NO6/c23-18(12-3-5-13(6-4-12)21(26)27)14-7-8-16-17(10-14)20(25)22(19(16)24)11-15-2-1-9-28-15/h3-8,10,15H,1-2,9,11H2,(H,26,27)/p-1/t15-/m0/s1. The number of carbonyl (C=O) groups excluding carboxylic acids is 4. The molecule has 0 N–H and O–H groups in total. The fourth-order valence-corrected chi connectivity index (χ4v) is 3.51. The molecule has 0 bridgehead atoms. The number of aromatic carboxylic acids is 1. The third-order valence-corrected chi connectivity index (χ3v) is 5.03. The van der Waals surface area contributed by atoms with Crippen LogP contribution in [0.15, 0.2) is 42.5 Å². The molecule has 142 valence electrons. The summed E-state index contributed by atoms with van der Waals surface area (Å²) >= 11 is 0. The quantitative estimate of drug-likeness (QED) is 0.569. The van der Waals surface area contributed by atoms with Gasteiger partial charge in [0, 0.05) is 17.7 Å². The smallest absolute Gasteiger partial charge is 0.261 e. The van der Waals surface area contributed by atoms with Gasteiger partial charge < -0.3 is 14.6 Å². The molecule has 0 spiro atoms. The van der Waals surface area contributed by atoms with Crippen LogP contribution in [0.4, 0.5) is 0 Å². The van der Waals surface area contributed by atoms with E-state index in [2.05, 4.69) is 0 Å². The Morgan fingerprint density at radius 3 is 2.25 bits per heavy atom. The zero-order chi connectivity index (χ0) is 19.8. The number of imide groups is 1. The first-order chi connectivity index (χ1) is 13.5. The average Bonchev–Trinajstić information content (AvgIpc) is 3.30. The summed E-state index contributed by atoms with van der Waals surface area (Å²) < 4.78 is 5.51. The number of fused-ring (bicyclic) bond motifs is 1. The fourth-order valence-electron chi connectivity index (χ4n) is 3.51. The molecule has 0 radical (unpaired) electrons. The lowest BCUT2D eigenvalue weighted by Gasteiger charge is -2.17. The summed E-state index contributed by atoms with van der Waals surface area (Å²) in [5.74, 6) is -2.51. The van der Waals surface area contributed by atoms with Crippen LogP contribution in [0.1, 0.15) is 59.8 Å². The molecule has 0 unspecified atom stereocenters. The molecular formula is C21H16NO6-. The second-order valence-electron chi connectivity index (χ2n) is 6.81. The summed E-state index contributed by atoms with van der Waals surface area (Å²) in [5, 5.41) is 10.8. The predicted octanol–water partition coefficient (Wildman–Crippen LogP) is 1.06. The minimum atomic E-state index is -1.33. The molecular weight excluding hydrogens is 362 g/mol. The van der Waals surface area contributed by atoms with Gasteiger partial charge in [0.15, 0.2) is 5.78 Å². The Kier molecular flexibility index (Phi) is 4.52. The van der Waals surface area contributed by atoms with Crippen molar-refractivity contribution in [3.05, 3.63) is 70.3 Å². The van der Waals surface area contributed by atoms with Crippen molar-refractivity contribution in [3.8, 4) is 0 Å². The monoisotopic (exact) mass is 378 g/mol.